The van der Waals surface area contributed by atoms with E-state index in [1.807, 2.05) is 25.1 Å². The van der Waals surface area contributed by atoms with Gasteiger partial charge >= 0.3 is 0 Å². The first-order valence-electron chi connectivity index (χ1n) is 9.35. The SMILES string of the molecule is Cc1ccc(/C(O)=C2/C(=O)C(=O)N(C3CCCC3)C2c2cccnc2)cc1. The standard InChI is InChI=1S/C22H22N2O3/c1-14-8-10-15(11-9-14)20(25)18-19(16-5-4-12-23-13-16)24(22(27)21(18)26)17-6-2-3-7-17/h4-5,8-13,17,19,25H,2-3,6-7H2,1H3/b20-18-. The molecule has 0 spiro atoms. The van der Waals surface area contributed by atoms with Gasteiger partial charge in [-0.3, -0.25) is 14.6 Å². The van der Waals surface area contributed by atoms with E-state index in [0.717, 1.165) is 36.8 Å². The van der Waals surface area contributed by atoms with E-state index >= 15 is 0 Å². The van der Waals surface area contributed by atoms with Gasteiger partial charge in [0.25, 0.3) is 11.7 Å². The minimum Gasteiger partial charge on any atom is -0.507 e. The van der Waals surface area contributed by atoms with Gasteiger partial charge in [0.2, 0.25) is 0 Å². The summed E-state index contributed by atoms with van der Waals surface area (Å²) < 4.78 is 0. The maximum atomic E-state index is 12.9. The number of rotatable bonds is 3. The van der Waals surface area contributed by atoms with E-state index in [4.69, 9.17) is 0 Å². The number of ketones is 1. The smallest absolute Gasteiger partial charge is 0.295 e. The molecule has 2 fully saturated rings. The molecule has 4 rings (SSSR count). The normalized spacial score (nSPS) is 22.6. The molecule has 1 aromatic heterocycles. The predicted molar refractivity (Wildman–Crippen MR) is 102 cm³/mol. The van der Waals surface area contributed by atoms with E-state index in [-0.39, 0.29) is 17.4 Å². The van der Waals surface area contributed by atoms with Crippen molar-refractivity contribution in [2.24, 2.45) is 0 Å². The molecule has 27 heavy (non-hydrogen) atoms. The van der Waals surface area contributed by atoms with Crippen molar-refractivity contribution >= 4 is 17.4 Å². The highest BCUT2D eigenvalue weighted by Gasteiger charge is 2.49. The number of aryl methyl sites for hydroxylation is 1. The fourth-order valence-electron chi connectivity index (χ4n) is 4.14. The number of amides is 1. The Labute approximate surface area is 158 Å². The molecule has 2 heterocycles. The van der Waals surface area contributed by atoms with E-state index in [1.54, 1.807) is 35.5 Å². The number of pyridine rings is 1. The number of aliphatic hydroxyl groups excluding tert-OH is 1. The number of aromatic nitrogens is 1. The summed E-state index contributed by atoms with van der Waals surface area (Å²) in [5.41, 5.74) is 2.50. The van der Waals surface area contributed by atoms with E-state index < -0.39 is 17.7 Å². The second kappa shape index (κ2) is 6.99. The highest BCUT2D eigenvalue weighted by Crippen LogP contribution is 2.43. The van der Waals surface area contributed by atoms with Gasteiger partial charge in [-0.2, -0.15) is 0 Å². The molecule has 1 aromatic carbocycles. The van der Waals surface area contributed by atoms with E-state index in [2.05, 4.69) is 4.98 Å². The second-order valence-corrected chi connectivity index (χ2v) is 7.30. The quantitative estimate of drug-likeness (QED) is 0.513. The van der Waals surface area contributed by atoms with E-state index in [9.17, 15) is 14.7 Å². The topological polar surface area (TPSA) is 70.5 Å². The molecule has 2 aromatic rings. The van der Waals surface area contributed by atoms with Crippen molar-refractivity contribution < 1.29 is 14.7 Å². The molecular weight excluding hydrogens is 340 g/mol. The summed E-state index contributed by atoms with van der Waals surface area (Å²) in [6.45, 7) is 1.96. The summed E-state index contributed by atoms with van der Waals surface area (Å²) in [6.07, 6.45) is 7.19. The van der Waals surface area contributed by atoms with Gasteiger partial charge in [0, 0.05) is 24.0 Å². The van der Waals surface area contributed by atoms with Gasteiger partial charge in [-0.1, -0.05) is 48.7 Å². The Kier molecular flexibility index (Phi) is 4.52. The van der Waals surface area contributed by atoms with Crippen LogP contribution in [0, 0.1) is 6.92 Å². The average molecular weight is 362 g/mol. The first-order valence-corrected chi connectivity index (χ1v) is 9.35. The molecule has 1 atom stereocenters. The van der Waals surface area contributed by atoms with Crippen molar-refractivity contribution in [1.29, 1.82) is 0 Å². The van der Waals surface area contributed by atoms with Crippen LogP contribution in [0.15, 0.2) is 54.4 Å². The minimum atomic E-state index is -0.617. The highest BCUT2D eigenvalue weighted by molar-refractivity contribution is 6.46. The van der Waals surface area contributed by atoms with Gasteiger partial charge in [0.15, 0.2) is 0 Å². The van der Waals surface area contributed by atoms with Crippen LogP contribution in [0.4, 0.5) is 0 Å². The van der Waals surface area contributed by atoms with Crippen molar-refractivity contribution in [3.63, 3.8) is 0 Å². The molecule has 138 valence electrons. The summed E-state index contributed by atoms with van der Waals surface area (Å²) in [7, 11) is 0. The largest absolute Gasteiger partial charge is 0.507 e. The van der Waals surface area contributed by atoms with Gasteiger partial charge in [-0.25, -0.2) is 0 Å². The minimum absolute atomic E-state index is 0.0231. The second-order valence-electron chi connectivity index (χ2n) is 7.30. The number of carbonyl (C=O) groups excluding carboxylic acids is 2. The van der Waals surface area contributed by atoms with E-state index in [1.165, 1.54) is 0 Å². The number of hydrogen-bond acceptors (Lipinski definition) is 4. The van der Waals surface area contributed by atoms with Crippen LogP contribution in [0.5, 0.6) is 0 Å². The highest BCUT2D eigenvalue weighted by atomic mass is 16.3. The fourth-order valence-corrected chi connectivity index (χ4v) is 4.14. The van der Waals surface area contributed by atoms with Crippen LogP contribution in [-0.2, 0) is 9.59 Å². The number of aliphatic hydroxyl groups is 1. The average Bonchev–Trinajstić information content (AvgIpc) is 3.30. The lowest BCUT2D eigenvalue weighted by atomic mass is 9.95. The number of nitrogens with zero attached hydrogens (tertiary/aromatic N) is 2. The molecule has 5 nitrogen and oxygen atoms in total. The number of Topliss-reactive ketones (excluding diaryl/α,β-unsaturated/α-hetero) is 1. The maximum absolute atomic E-state index is 12.9. The van der Waals surface area contributed by atoms with Crippen molar-refractivity contribution in [1.82, 2.24) is 9.88 Å². The van der Waals surface area contributed by atoms with Crippen LogP contribution in [0.2, 0.25) is 0 Å². The summed E-state index contributed by atoms with van der Waals surface area (Å²) in [5.74, 6) is -1.26. The third kappa shape index (κ3) is 3.03. The molecule has 1 unspecified atom stereocenters. The van der Waals surface area contributed by atoms with E-state index in [0.29, 0.717) is 5.56 Å². The van der Waals surface area contributed by atoms with Crippen molar-refractivity contribution in [2.45, 2.75) is 44.7 Å². The van der Waals surface area contributed by atoms with Crippen LogP contribution in [0.1, 0.15) is 48.4 Å². The zero-order valence-corrected chi connectivity index (χ0v) is 15.3. The van der Waals surface area contributed by atoms with Crippen LogP contribution >= 0.6 is 0 Å². The predicted octanol–water partition coefficient (Wildman–Crippen LogP) is 3.75. The Morgan fingerprint density at radius 1 is 1.11 bits per heavy atom. The number of likely N-dealkylation sites (tertiary alicyclic amines) is 1. The fraction of sp³-hybridized carbons (Fsp3) is 0.318. The van der Waals surface area contributed by atoms with Gasteiger partial charge in [0.05, 0.1) is 11.6 Å². The lowest BCUT2D eigenvalue weighted by Gasteiger charge is -2.30. The Hall–Kier alpha value is -2.95. The lowest BCUT2D eigenvalue weighted by Crippen LogP contribution is -2.37. The lowest BCUT2D eigenvalue weighted by molar-refractivity contribution is -0.141. The van der Waals surface area contributed by atoms with Gasteiger partial charge < -0.3 is 10.0 Å². The molecule has 0 bridgehead atoms. The van der Waals surface area contributed by atoms with Gasteiger partial charge in [0.1, 0.15) is 5.76 Å². The molecule has 1 aliphatic carbocycles. The molecule has 0 radical (unpaired) electrons. The molecule has 2 aliphatic rings. The Balaban J connectivity index is 1.87. The molecular formula is C22H22N2O3. The molecule has 1 saturated carbocycles. The summed E-state index contributed by atoms with van der Waals surface area (Å²) in [4.78, 5) is 31.6. The Bertz CT molecular complexity index is 897. The molecule has 5 heteroatoms. The van der Waals surface area contributed by atoms with Crippen molar-refractivity contribution in [3.05, 3.63) is 71.1 Å². The zero-order chi connectivity index (χ0) is 19.0. The van der Waals surface area contributed by atoms with Gasteiger partial charge in [-0.05, 0) is 31.4 Å². The maximum Gasteiger partial charge on any atom is 0.295 e. The number of carbonyl (C=O) groups is 2. The molecule has 1 N–H and O–H groups in total. The molecule has 1 amide bonds. The third-order valence-corrected chi connectivity index (χ3v) is 5.52. The van der Waals surface area contributed by atoms with Crippen LogP contribution in [0.25, 0.3) is 5.76 Å². The number of hydrogen-bond donors (Lipinski definition) is 1. The Morgan fingerprint density at radius 2 is 1.81 bits per heavy atom. The summed E-state index contributed by atoms with van der Waals surface area (Å²) >= 11 is 0. The van der Waals surface area contributed by atoms with Crippen molar-refractivity contribution in [3.8, 4) is 0 Å². The van der Waals surface area contributed by atoms with Crippen LogP contribution in [-0.4, -0.2) is 32.7 Å². The van der Waals surface area contributed by atoms with Gasteiger partial charge in [-0.15, -0.1) is 0 Å². The number of benzene rings is 1. The first-order chi connectivity index (χ1) is 13.1. The summed E-state index contributed by atoms with van der Waals surface area (Å²) in [6, 6.07) is 10.4. The van der Waals surface area contributed by atoms with Crippen LogP contribution < -0.4 is 0 Å². The first kappa shape index (κ1) is 17.5. The van der Waals surface area contributed by atoms with Crippen LogP contribution in [0.3, 0.4) is 0 Å². The molecule has 1 saturated heterocycles. The van der Waals surface area contributed by atoms with Crippen molar-refractivity contribution in [2.75, 3.05) is 0 Å². The monoisotopic (exact) mass is 362 g/mol. The molecule has 1 aliphatic heterocycles. The summed E-state index contributed by atoms with van der Waals surface area (Å²) in [5, 5.41) is 11.0. The Morgan fingerprint density at radius 3 is 2.44 bits per heavy atom. The third-order valence-electron chi connectivity index (χ3n) is 5.52. The zero-order valence-electron chi connectivity index (χ0n) is 15.3.